The third-order valence-corrected chi connectivity index (χ3v) is 4.62. The summed E-state index contributed by atoms with van der Waals surface area (Å²) in [6.07, 6.45) is 1.13. The monoisotopic (exact) mass is 390 g/mol. The largest absolute Gasteiger partial charge is 0.492 e. The summed E-state index contributed by atoms with van der Waals surface area (Å²) in [5.74, 6) is -0.677. The van der Waals surface area contributed by atoms with E-state index in [0.717, 1.165) is 6.26 Å². The second-order valence-electron chi connectivity index (χ2n) is 5.98. The molecule has 0 radical (unpaired) electrons. The van der Waals surface area contributed by atoms with Gasteiger partial charge >= 0.3 is 5.76 Å². The number of hydrogen-bond donors (Lipinski definition) is 1. The topological polar surface area (TPSA) is 108 Å². The maximum absolute atomic E-state index is 12.3. The first kappa shape index (κ1) is 18.7. The Kier molecular flexibility index (Phi) is 5.31. The van der Waals surface area contributed by atoms with Crippen molar-refractivity contribution < 1.29 is 22.4 Å². The summed E-state index contributed by atoms with van der Waals surface area (Å²) in [4.78, 5) is 24.2. The zero-order valence-corrected chi connectivity index (χ0v) is 15.4. The third-order valence-electron chi connectivity index (χ3n) is 3.72. The molecule has 27 heavy (non-hydrogen) atoms. The summed E-state index contributed by atoms with van der Waals surface area (Å²) in [7, 11) is -3.11. The van der Waals surface area contributed by atoms with Crippen LogP contribution in [0.2, 0.25) is 0 Å². The van der Waals surface area contributed by atoms with Crippen molar-refractivity contribution in [3.8, 4) is 5.75 Å². The Balaban J connectivity index is 1.66. The third kappa shape index (κ3) is 4.98. The van der Waals surface area contributed by atoms with Crippen LogP contribution in [-0.2, 0) is 21.2 Å². The molecule has 1 N–H and O–H groups in total. The van der Waals surface area contributed by atoms with Crippen LogP contribution in [-0.4, -0.2) is 37.5 Å². The first-order chi connectivity index (χ1) is 12.8. The molecule has 0 fully saturated rings. The van der Waals surface area contributed by atoms with Gasteiger partial charge in [0.25, 0.3) is 0 Å². The van der Waals surface area contributed by atoms with Crippen molar-refractivity contribution in [3.63, 3.8) is 0 Å². The van der Waals surface area contributed by atoms with Crippen molar-refractivity contribution in [2.24, 2.45) is 0 Å². The summed E-state index contributed by atoms with van der Waals surface area (Å²) >= 11 is 0. The molecule has 3 rings (SSSR count). The fraction of sp³-hybridized carbons (Fsp3) is 0.222. The van der Waals surface area contributed by atoms with Crippen LogP contribution in [0.25, 0.3) is 11.1 Å². The molecule has 2 aromatic carbocycles. The fourth-order valence-electron chi connectivity index (χ4n) is 2.48. The van der Waals surface area contributed by atoms with Gasteiger partial charge in [0.05, 0.1) is 11.3 Å². The smallest absolute Gasteiger partial charge is 0.420 e. The Hall–Kier alpha value is -3.07. The van der Waals surface area contributed by atoms with Gasteiger partial charge in [-0.3, -0.25) is 9.36 Å². The zero-order valence-electron chi connectivity index (χ0n) is 14.5. The molecule has 9 heteroatoms. The number of carbonyl (C=O) groups excluding carboxylic acids is 1. The van der Waals surface area contributed by atoms with Crippen LogP contribution in [0, 0.1) is 0 Å². The highest BCUT2D eigenvalue weighted by Gasteiger charge is 2.12. The Morgan fingerprint density at radius 2 is 1.96 bits per heavy atom. The number of nitrogens with one attached hydrogen (secondary N) is 1. The van der Waals surface area contributed by atoms with Gasteiger partial charge in [-0.2, -0.15) is 0 Å². The molecular weight excluding hydrogens is 372 g/mol. The van der Waals surface area contributed by atoms with Gasteiger partial charge < -0.3 is 14.5 Å². The van der Waals surface area contributed by atoms with Gasteiger partial charge in [-0.25, -0.2) is 13.2 Å². The molecule has 142 valence electrons. The molecule has 0 spiro atoms. The Bertz CT molecular complexity index is 1130. The Morgan fingerprint density at radius 1 is 1.19 bits per heavy atom. The molecule has 0 saturated heterocycles. The summed E-state index contributed by atoms with van der Waals surface area (Å²) in [6, 6.07) is 13.4. The van der Waals surface area contributed by atoms with E-state index in [2.05, 4.69) is 5.32 Å². The number of oxazole rings is 1. The molecule has 8 nitrogen and oxygen atoms in total. The molecular formula is C18H18N2O6S. The predicted octanol–water partition coefficient (Wildman–Crippen LogP) is 1.66. The minimum absolute atomic E-state index is 0.0205. The number of rotatable bonds is 7. The number of para-hydroxylation sites is 2. The summed E-state index contributed by atoms with van der Waals surface area (Å²) in [5.41, 5.74) is 1.42. The maximum atomic E-state index is 12.3. The highest BCUT2D eigenvalue weighted by Crippen LogP contribution is 2.18. The molecule has 0 saturated carbocycles. The van der Waals surface area contributed by atoms with E-state index in [-0.39, 0.29) is 18.9 Å². The minimum atomic E-state index is -3.11. The van der Waals surface area contributed by atoms with Crippen LogP contribution in [0.1, 0.15) is 0 Å². The summed E-state index contributed by atoms with van der Waals surface area (Å²) in [5, 5.41) is 2.68. The van der Waals surface area contributed by atoms with Crippen molar-refractivity contribution in [1.29, 1.82) is 0 Å². The van der Waals surface area contributed by atoms with Crippen molar-refractivity contribution in [1.82, 2.24) is 4.57 Å². The number of ether oxygens (including phenoxy) is 1. The van der Waals surface area contributed by atoms with Crippen LogP contribution in [0.3, 0.4) is 0 Å². The number of fused-ring (bicyclic) bond motifs is 1. The normalized spacial score (nSPS) is 11.4. The number of nitrogens with zero attached hydrogens (tertiary/aromatic N) is 1. The SMILES string of the molecule is CS(=O)(=O)CCOc1cccc(NC(=O)Cn2c(=O)oc3ccccc32)c1. The lowest BCUT2D eigenvalue weighted by Gasteiger charge is -2.09. The average Bonchev–Trinajstić information content (AvgIpc) is 2.90. The Labute approximate surface area is 155 Å². The number of amides is 1. The molecule has 1 aromatic heterocycles. The van der Waals surface area contributed by atoms with Gasteiger partial charge in [-0.05, 0) is 24.3 Å². The number of benzene rings is 2. The van der Waals surface area contributed by atoms with E-state index in [1.165, 1.54) is 4.57 Å². The van der Waals surface area contributed by atoms with Gasteiger partial charge in [-0.1, -0.05) is 18.2 Å². The molecule has 0 aliphatic heterocycles. The molecule has 0 aliphatic carbocycles. The quantitative estimate of drug-likeness (QED) is 0.657. The fourth-order valence-corrected chi connectivity index (χ4v) is 2.87. The lowest BCUT2D eigenvalue weighted by Crippen LogP contribution is -2.24. The van der Waals surface area contributed by atoms with Crippen LogP contribution in [0.4, 0.5) is 5.69 Å². The van der Waals surface area contributed by atoms with Crippen LogP contribution >= 0.6 is 0 Å². The Morgan fingerprint density at radius 3 is 2.74 bits per heavy atom. The van der Waals surface area contributed by atoms with E-state index in [1.807, 2.05) is 0 Å². The molecule has 0 bridgehead atoms. The molecule has 1 amide bonds. The number of hydrogen-bond acceptors (Lipinski definition) is 6. The predicted molar refractivity (Wildman–Crippen MR) is 101 cm³/mol. The minimum Gasteiger partial charge on any atom is -0.492 e. The van der Waals surface area contributed by atoms with E-state index >= 15 is 0 Å². The van der Waals surface area contributed by atoms with E-state index < -0.39 is 21.5 Å². The van der Waals surface area contributed by atoms with E-state index in [1.54, 1.807) is 48.5 Å². The van der Waals surface area contributed by atoms with Crippen molar-refractivity contribution >= 4 is 32.5 Å². The van der Waals surface area contributed by atoms with Gasteiger partial charge in [0.1, 0.15) is 18.9 Å². The number of aromatic nitrogens is 1. The molecule has 0 unspecified atom stereocenters. The van der Waals surface area contributed by atoms with Gasteiger partial charge in [0.15, 0.2) is 15.4 Å². The van der Waals surface area contributed by atoms with E-state index in [4.69, 9.17) is 9.15 Å². The number of anilines is 1. The maximum Gasteiger partial charge on any atom is 0.420 e. The van der Waals surface area contributed by atoms with Gasteiger partial charge in [0, 0.05) is 18.0 Å². The highest BCUT2D eigenvalue weighted by molar-refractivity contribution is 7.90. The number of carbonyl (C=O) groups is 1. The van der Waals surface area contributed by atoms with Crippen LogP contribution in [0.15, 0.2) is 57.7 Å². The number of sulfone groups is 1. The standard InChI is InChI=1S/C18H18N2O6S/c1-27(23,24)10-9-25-14-6-4-5-13(11-14)19-17(21)12-20-15-7-2-3-8-16(15)26-18(20)22/h2-8,11H,9-10,12H2,1H3,(H,19,21). The first-order valence-electron chi connectivity index (χ1n) is 8.11. The summed E-state index contributed by atoms with van der Waals surface area (Å²) < 4.78 is 34.0. The summed E-state index contributed by atoms with van der Waals surface area (Å²) in [6.45, 7) is -0.179. The lowest BCUT2D eigenvalue weighted by atomic mass is 10.3. The molecule has 0 atom stereocenters. The average molecular weight is 390 g/mol. The van der Waals surface area contributed by atoms with E-state index in [9.17, 15) is 18.0 Å². The molecule has 3 aromatic rings. The second-order valence-corrected chi connectivity index (χ2v) is 8.24. The van der Waals surface area contributed by atoms with Gasteiger partial charge in [-0.15, -0.1) is 0 Å². The molecule has 0 aliphatic rings. The second kappa shape index (κ2) is 7.67. The highest BCUT2D eigenvalue weighted by atomic mass is 32.2. The zero-order chi connectivity index (χ0) is 19.4. The van der Waals surface area contributed by atoms with Crippen LogP contribution in [0.5, 0.6) is 5.75 Å². The van der Waals surface area contributed by atoms with Crippen molar-refractivity contribution in [2.45, 2.75) is 6.54 Å². The van der Waals surface area contributed by atoms with Gasteiger partial charge in [0.2, 0.25) is 5.91 Å². The van der Waals surface area contributed by atoms with Crippen molar-refractivity contribution in [2.75, 3.05) is 23.9 Å². The lowest BCUT2D eigenvalue weighted by molar-refractivity contribution is -0.116. The van der Waals surface area contributed by atoms with Crippen molar-refractivity contribution in [3.05, 3.63) is 59.1 Å². The molecule has 1 heterocycles. The van der Waals surface area contributed by atoms with Crippen LogP contribution < -0.4 is 15.8 Å². The van der Waals surface area contributed by atoms with E-state index in [0.29, 0.717) is 22.5 Å². The first-order valence-corrected chi connectivity index (χ1v) is 10.2.